The Labute approximate surface area is 216 Å². The Hall–Kier alpha value is -3.88. The van der Waals surface area contributed by atoms with Crippen LogP contribution < -0.4 is 9.47 Å². The van der Waals surface area contributed by atoms with E-state index < -0.39 is 5.91 Å². The molecule has 0 unspecified atom stereocenters. The summed E-state index contributed by atoms with van der Waals surface area (Å²) < 4.78 is 25.2. The second-order valence-corrected chi connectivity index (χ2v) is 9.09. The van der Waals surface area contributed by atoms with Crippen molar-refractivity contribution >= 4 is 52.0 Å². The van der Waals surface area contributed by atoms with Gasteiger partial charge in [-0.15, -0.1) is 0 Å². The number of rotatable bonds is 6. The second-order valence-electron chi connectivity index (χ2n) is 7.84. The van der Waals surface area contributed by atoms with Gasteiger partial charge in [-0.05, 0) is 35.4 Å². The number of amidine groups is 2. The lowest BCUT2D eigenvalue weighted by Gasteiger charge is -2.27. The molecule has 36 heavy (non-hydrogen) atoms. The summed E-state index contributed by atoms with van der Waals surface area (Å²) in [5.74, 6) is -0.324. The normalized spacial score (nSPS) is 16.1. The van der Waals surface area contributed by atoms with Gasteiger partial charge in [0.2, 0.25) is 0 Å². The Morgan fingerprint density at radius 1 is 1.14 bits per heavy atom. The Balaban J connectivity index is 1.45. The van der Waals surface area contributed by atoms with Crippen LogP contribution in [0.4, 0.5) is 4.39 Å². The molecule has 0 saturated carbocycles. The number of methoxy groups -OCH3 is 1. The Morgan fingerprint density at radius 3 is 2.64 bits per heavy atom. The van der Waals surface area contributed by atoms with Crippen LogP contribution in [0.1, 0.15) is 16.7 Å². The van der Waals surface area contributed by atoms with Crippen LogP contribution in [0.25, 0.3) is 11.8 Å². The van der Waals surface area contributed by atoms with Crippen molar-refractivity contribution < 1.29 is 18.7 Å². The van der Waals surface area contributed by atoms with E-state index in [1.165, 1.54) is 24.9 Å². The van der Waals surface area contributed by atoms with Gasteiger partial charge < -0.3 is 9.47 Å². The second kappa shape index (κ2) is 10.0. The first-order valence-corrected chi connectivity index (χ1v) is 12.1. The minimum Gasteiger partial charge on any atom is -0.493 e. The zero-order valence-corrected chi connectivity index (χ0v) is 20.6. The monoisotopic (exact) mass is 519 g/mol. The molecule has 9 heteroatoms. The molecule has 1 amide bonds. The van der Waals surface area contributed by atoms with Crippen molar-refractivity contribution in [2.45, 2.75) is 6.61 Å². The smallest absolute Gasteiger partial charge is 0.283 e. The van der Waals surface area contributed by atoms with Crippen molar-refractivity contribution in [3.63, 3.8) is 0 Å². The molecule has 3 aromatic rings. The SMILES string of the molecule is COc1cc(/C=C2/C(=N)N3C(c4ccccc4)=CSC3=NC2=O)cc(Cl)c1OCc1ccccc1F. The third kappa shape index (κ3) is 4.53. The average molecular weight is 520 g/mol. The van der Waals surface area contributed by atoms with Crippen LogP contribution in [0.15, 0.2) is 82.7 Å². The maximum Gasteiger partial charge on any atom is 0.283 e. The van der Waals surface area contributed by atoms with Crippen LogP contribution in [0, 0.1) is 11.2 Å². The summed E-state index contributed by atoms with van der Waals surface area (Å²) in [5.41, 5.74) is 2.70. The van der Waals surface area contributed by atoms with E-state index in [1.807, 2.05) is 35.7 Å². The van der Waals surface area contributed by atoms with E-state index in [0.717, 1.165) is 11.3 Å². The molecule has 0 aromatic heterocycles. The predicted molar refractivity (Wildman–Crippen MR) is 141 cm³/mol. The quantitative estimate of drug-likeness (QED) is 0.383. The number of benzene rings is 3. The number of nitrogens with one attached hydrogen (secondary N) is 1. The molecule has 0 fully saturated rings. The number of carbonyl (C=O) groups is 1. The van der Waals surface area contributed by atoms with Crippen LogP contribution in [0.2, 0.25) is 5.02 Å². The zero-order chi connectivity index (χ0) is 25.2. The van der Waals surface area contributed by atoms with Gasteiger partial charge in [0.15, 0.2) is 16.7 Å². The lowest BCUT2D eigenvalue weighted by atomic mass is 10.1. The van der Waals surface area contributed by atoms with Gasteiger partial charge >= 0.3 is 0 Å². The molecule has 3 aromatic carbocycles. The van der Waals surface area contributed by atoms with E-state index in [0.29, 0.717) is 22.0 Å². The van der Waals surface area contributed by atoms with Gasteiger partial charge in [0, 0.05) is 11.0 Å². The first-order valence-electron chi connectivity index (χ1n) is 10.9. The maximum atomic E-state index is 14.0. The molecule has 0 aliphatic carbocycles. The predicted octanol–water partition coefficient (Wildman–Crippen LogP) is 6.37. The van der Waals surface area contributed by atoms with E-state index in [2.05, 4.69) is 4.99 Å². The highest BCUT2D eigenvalue weighted by Gasteiger charge is 2.36. The Bertz CT molecular complexity index is 1470. The molecule has 0 saturated heterocycles. The number of ether oxygens (including phenoxy) is 2. The molecule has 2 heterocycles. The fourth-order valence-corrected chi connectivity index (χ4v) is 4.97. The lowest BCUT2D eigenvalue weighted by molar-refractivity contribution is -0.114. The van der Waals surface area contributed by atoms with E-state index in [4.69, 9.17) is 26.5 Å². The van der Waals surface area contributed by atoms with Crippen LogP contribution in [-0.4, -0.2) is 28.9 Å². The van der Waals surface area contributed by atoms with Gasteiger partial charge in [-0.2, -0.15) is 4.99 Å². The molecule has 0 bridgehead atoms. The number of carbonyl (C=O) groups excluding carboxylic acids is 1. The molecule has 0 atom stereocenters. The van der Waals surface area contributed by atoms with Gasteiger partial charge in [-0.25, -0.2) is 4.39 Å². The summed E-state index contributed by atoms with van der Waals surface area (Å²) in [7, 11) is 1.46. The van der Waals surface area contributed by atoms with E-state index >= 15 is 0 Å². The van der Waals surface area contributed by atoms with Crippen LogP contribution in [0.5, 0.6) is 11.5 Å². The first-order chi connectivity index (χ1) is 17.5. The molecule has 5 rings (SSSR count). The highest BCUT2D eigenvalue weighted by molar-refractivity contribution is 8.17. The van der Waals surface area contributed by atoms with Crippen LogP contribution >= 0.6 is 23.4 Å². The third-order valence-electron chi connectivity index (χ3n) is 5.58. The van der Waals surface area contributed by atoms with Crippen LogP contribution in [-0.2, 0) is 11.4 Å². The summed E-state index contributed by atoms with van der Waals surface area (Å²) in [4.78, 5) is 18.6. The van der Waals surface area contributed by atoms with Gasteiger partial charge in [0.1, 0.15) is 18.3 Å². The molecule has 6 nitrogen and oxygen atoms in total. The molecular weight excluding hydrogens is 501 g/mol. The molecular formula is C27H19ClFN3O3S. The zero-order valence-electron chi connectivity index (χ0n) is 19.0. The number of aliphatic imine (C=N–C) groups is 1. The van der Waals surface area contributed by atoms with E-state index in [9.17, 15) is 9.18 Å². The molecule has 0 radical (unpaired) electrons. The molecule has 2 aliphatic heterocycles. The Morgan fingerprint density at radius 2 is 1.89 bits per heavy atom. The highest BCUT2D eigenvalue weighted by atomic mass is 35.5. The fourth-order valence-electron chi connectivity index (χ4n) is 3.81. The fraction of sp³-hybridized carbons (Fsp3) is 0.0741. The van der Waals surface area contributed by atoms with Crippen molar-refractivity contribution in [1.82, 2.24) is 4.90 Å². The van der Waals surface area contributed by atoms with Crippen molar-refractivity contribution in [1.29, 1.82) is 5.41 Å². The highest BCUT2D eigenvalue weighted by Crippen LogP contribution is 2.40. The van der Waals surface area contributed by atoms with Gasteiger partial charge in [0.05, 0.1) is 23.4 Å². The van der Waals surface area contributed by atoms with Crippen molar-refractivity contribution in [3.05, 3.63) is 105 Å². The molecule has 1 N–H and O–H groups in total. The summed E-state index contributed by atoms with van der Waals surface area (Å²) >= 11 is 7.79. The number of fused-ring (bicyclic) bond motifs is 1. The van der Waals surface area contributed by atoms with Gasteiger partial charge in [0.25, 0.3) is 5.91 Å². The van der Waals surface area contributed by atoms with Crippen LogP contribution in [0.3, 0.4) is 0 Å². The Kier molecular flexibility index (Phi) is 6.63. The number of thioether (sulfide) groups is 1. The summed E-state index contributed by atoms with van der Waals surface area (Å²) in [6.45, 7) is -0.0367. The molecule has 180 valence electrons. The number of hydrogen-bond acceptors (Lipinski definition) is 5. The van der Waals surface area contributed by atoms with Gasteiger partial charge in [-0.3, -0.25) is 15.1 Å². The average Bonchev–Trinajstić information content (AvgIpc) is 3.31. The van der Waals surface area contributed by atoms with Crippen molar-refractivity contribution in [2.75, 3.05) is 7.11 Å². The lowest BCUT2D eigenvalue weighted by Crippen LogP contribution is -2.38. The number of halogens is 2. The largest absolute Gasteiger partial charge is 0.493 e. The number of hydrogen-bond donors (Lipinski definition) is 1. The number of nitrogens with zero attached hydrogens (tertiary/aromatic N) is 2. The topological polar surface area (TPSA) is 75.0 Å². The van der Waals surface area contributed by atoms with Gasteiger partial charge in [-0.1, -0.05) is 71.9 Å². The standard InChI is InChI=1S/C27H19ClFN3O3S/c1-34-23-13-16(12-20(28)24(23)35-14-18-9-5-6-10-21(18)29)11-19-25(30)32-22(17-7-3-2-4-8-17)15-36-27(32)31-26(19)33/h2-13,15,30H,14H2,1H3/b19-11-,30-25?. The maximum absolute atomic E-state index is 14.0. The van der Waals surface area contributed by atoms with Crippen molar-refractivity contribution in [3.8, 4) is 11.5 Å². The molecule has 0 spiro atoms. The van der Waals surface area contributed by atoms with Crippen molar-refractivity contribution in [2.24, 2.45) is 4.99 Å². The molecule has 2 aliphatic rings. The summed E-state index contributed by atoms with van der Waals surface area (Å²) in [6, 6.07) is 19.2. The summed E-state index contributed by atoms with van der Waals surface area (Å²) in [6.07, 6.45) is 1.55. The third-order valence-corrected chi connectivity index (χ3v) is 6.68. The minimum absolute atomic E-state index is 0.0140. The first kappa shape index (κ1) is 23.8. The van der Waals surface area contributed by atoms with E-state index in [-0.39, 0.29) is 34.6 Å². The summed E-state index contributed by atoms with van der Waals surface area (Å²) in [5, 5.41) is 11.3. The van der Waals surface area contributed by atoms with E-state index in [1.54, 1.807) is 41.3 Å². The number of amides is 1. The minimum atomic E-state index is -0.517.